The van der Waals surface area contributed by atoms with E-state index in [0.717, 1.165) is 16.7 Å². The summed E-state index contributed by atoms with van der Waals surface area (Å²) in [6.07, 6.45) is -3.44. The molecule has 1 saturated heterocycles. The molecule has 2 aliphatic carbocycles. The summed E-state index contributed by atoms with van der Waals surface area (Å²) in [5.74, 6) is -2.27. The Kier molecular flexibility index (Phi) is 7.02. The van der Waals surface area contributed by atoms with Crippen LogP contribution in [0, 0.1) is 12.8 Å². The summed E-state index contributed by atoms with van der Waals surface area (Å²) in [6.45, 7) is 2.78. The minimum Gasteiger partial charge on any atom is -0.481 e. The van der Waals surface area contributed by atoms with E-state index in [9.17, 15) is 32.3 Å². The van der Waals surface area contributed by atoms with Gasteiger partial charge in [0.05, 0.1) is 5.92 Å². The second-order valence-corrected chi connectivity index (χ2v) is 12.1. The van der Waals surface area contributed by atoms with Crippen LogP contribution in [-0.2, 0) is 33.5 Å². The Labute approximate surface area is 230 Å². The van der Waals surface area contributed by atoms with Gasteiger partial charge in [-0.15, -0.1) is 0 Å². The van der Waals surface area contributed by atoms with Crippen LogP contribution in [0.25, 0.3) is 0 Å². The van der Waals surface area contributed by atoms with Crippen molar-refractivity contribution < 1.29 is 36.6 Å². The van der Waals surface area contributed by atoms with Crippen molar-refractivity contribution in [3.05, 3.63) is 70.3 Å². The minimum absolute atomic E-state index is 0.0946. The zero-order chi connectivity index (χ0) is 29.1. The van der Waals surface area contributed by atoms with E-state index in [-0.39, 0.29) is 38.3 Å². The predicted octanol–water partition coefficient (Wildman–Crippen LogP) is 6.75. The fourth-order valence-corrected chi connectivity index (χ4v) is 7.13. The number of aryl methyl sites for hydroxylation is 2. The third-order valence-electron chi connectivity index (χ3n) is 9.63. The molecule has 40 heavy (non-hydrogen) atoms. The van der Waals surface area contributed by atoms with Gasteiger partial charge in [0, 0.05) is 18.0 Å². The highest BCUT2D eigenvalue weighted by atomic mass is 19.4. The normalized spacial score (nSPS) is 29.8. The number of hydrogen-bond donors (Lipinski definition) is 1. The maximum Gasteiger partial charge on any atom is 0.426 e. The second-order valence-electron chi connectivity index (χ2n) is 12.1. The topological polar surface area (TPSA) is 57.6 Å². The molecule has 2 fully saturated rings. The molecular formula is C31H34F5NO3. The zero-order valence-corrected chi connectivity index (χ0v) is 22.7. The molecule has 4 nitrogen and oxygen atoms in total. The Balaban J connectivity index is 1.52. The van der Waals surface area contributed by atoms with Gasteiger partial charge in [-0.05, 0) is 87.5 Å². The maximum atomic E-state index is 16.1. The number of carboxylic acids is 1. The highest BCUT2D eigenvalue weighted by Gasteiger charge is 2.57. The van der Waals surface area contributed by atoms with Crippen molar-refractivity contribution in [2.24, 2.45) is 5.92 Å². The number of rotatable bonds is 5. The summed E-state index contributed by atoms with van der Waals surface area (Å²) in [6, 6.07) is 11.6. The number of alkyl halides is 5. The van der Waals surface area contributed by atoms with Crippen molar-refractivity contribution in [2.75, 3.05) is 6.54 Å². The number of amides is 1. The van der Waals surface area contributed by atoms with Gasteiger partial charge < -0.3 is 10.0 Å². The van der Waals surface area contributed by atoms with Crippen molar-refractivity contribution in [3.8, 4) is 0 Å². The number of fused-ring (bicyclic) bond motifs is 3. The molecule has 0 aromatic heterocycles. The van der Waals surface area contributed by atoms with E-state index >= 15 is 4.39 Å². The zero-order valence-electron chi connectivity index (χ0n) is 22.7. The van der Waals surface area contributed by atoms with E-state index in [0.29, 0.717) is 38.2 Å². The van der Waals surface area contributed by atoms with Gasteiger partial charge in [0.1, 0.15) is 0 Å². The number of likely N-dealkylation sites (tertiary alicyclic amines) is 1. The summed E-state index contributed by atoms with van der Waals surface area (Å²) >= 11 is 0. The van der Waals surface area contributed by atoms with Crippen molar-refractivity contribution in [1.29, 1.82) is 0 Å². The van der Waals surface area contributed by atoms with E-state index in [1.807, 2.05) is 31.2 Å². The molecule has 1 heterocycles. The summed E-state index contributed by atoms with van der Waals surface area (Å²) in [7, 11) is 0. The molecular weight excluding hydrogens is 529 g/mol. The lowest BCUT2D eigenvalue weighted by molar-refractivity contribution is -0.228. The van der Waals surface area contributed by atoms with Crippen LogP contribution in [0.15, 0.2) is 42.5 Å². The molecule has 216 valence electrons. The molecule has 1 aliphatic heterocycles. The monoisotopic (exact) mass is 563 g/mol. The lowest BCUT2D eigenvalue weighted by atomic mass is 9.63. The quantitative estimate of drug-likeness (QED) is 0.410. The summed E-state index contributed by atoms with van der Waals surface area (Å²) < 4.78 is 71.4. The first-order valence-corrected chi connectivity index (χ1v) is 13.9. The number of nitrogens with zero attached hydrogens (tertiary/aromatic N) is 1. The second kappa shape index (κ2) is 9.84. The van der Waals surface area contributed by atoms with Crippen LogP contribution in [0.5, 0.6) is 0 Å². The van der Waals surface area contributed by atoms with Crippen LogP contribution < -0.4 is 0 Å². The molecule has 0 bridgehead atoms. The molecule has 0 spiro atoms. The van der Waals surface area contributed by atoms with E-state index in [1.165, 1.54) is 12.1 Å². The number of benzene rings is 2. The van der Waals surface area contributed by atoms with Gasteiger partial charge >= 0.3 is 12.1 Å². The summed E-state index contributed by atoms with van der Waals surface area (Å²) in [5.41, 5.74) is -3.30. The fourth-order valence-electron chi connectivity index (χ4n) is 7.13. The average Bonchev–Trinajstić information content (AvgIpc) is 3.28. The Morgan fingerprint density at radius 3 is 2.25 bits per heavy atom. The van der Waals surface area contributed by atoms with Crippen molar-refractivity contribution >= 4 is 11.9 Å². The first kappa shape index (κ1) is 28.6. The SMILES string of the molecule is Cc1ccc(CC23CCN(C(=O)C4(F)CCC(C(=O)O)CC4)C2CCc2cc(C(C)(F)C(F)(F)F)ccc23)cc1. The third-order valence-corrected chi connectivity index (χ3v) is 9.63. The highest BCUT2D eigenvalue weighted by molar-refractivity contribution is 5.86. The summed E-state index contributed by atoms with van der Waals surface area (Å²) in [4.78, 5) is 26.7. The minimum atomic E-state index is -5.07. The van der Waals surface area contributed by atoms with Crippen LogP contribution in [0.2, 0.25) is 0 Å². The van der Waals surface area contributed by atoms with Gasteiger partial charge in [0.2, 0.25) is 5.67 Å². The van der Waals surface area contributed by atoms with E-state index in [2.05, 4.69) is 0 Å². The number of carboxylic acid groups (broad SMARTS) is 1. The number of carbonyl (C=O) groups excluding carboxylic acids is 1. The molecule has 5 rings (SSSR count). The molecule has 9 heteroatoms. The maximum absolute atomic E-state index is 16.1. The number of hydrogen-bond acceptors (Lipinski definition) is 2. The lowest BCUT2D eigenvalue weighted by Crippen LogP contribution is -2.55. The van der Waals surface area contributed by atoms with Crippen LogP contribution in [0.4, 0.5) is 22.0 Å². The molecule has 1 N–H and O–H groups in total. The molecule has 1 amide bonds. The number of halogens is 5. The highest BCUT2D eigenvalue weighted by Crippen LogP contribution is 2.52. The molecule has 2 aromatic rings. The van der Waals surface area contributed by atoms with Gasteiger partial charge in [-0.25, -0.2) is 8.78 Å². The van der Waals surface area contributed by atoms with Gasteiger partial charge in [-0.2, -0.15) is 13.2 Å². The molecule has 2 aromatic carbocycles. The largest absolute Gasteiger partial charge is 0.481 e. The number of aliphatic carboxylic acids is 1. The van der Waals surface area contributed by atoms with Crippen molar-refractivity contribution in [3.63, 3.8) is 0 Å². The fraction of sp³-hybridized carbons (Fsp3) is 0.548. The Morgan fingerprint density at radius 1 is 1.00 bits per heavy atom. The Morgan fingerprint density at radius 2 is 1.65 bits per heavy atom. The standard InChI is InChI=1S/C31H34F5NO3/c1-19-3-5-20(6-4-19)18-29-15-16-37(27(40)30(33)13-11-21(12-14-30)26(38)39)25(29)10-7-22-17-23(8-9-24(22)29)28(2,32)31(34,35)36/h3-6,8-9,17,21,25H,7,10-16,18H2,1-2H3,(H,38,39). The molecule has 1 saturated carbocycles. The summed E-state index contributed by atoms with van der Waals surface area (Å²) in [5, 5.41) is 9.31. The smallest absolute Gasteiger partial charge is 0.426 e. The molecule has 3 atom stereocenters. The molecule has 0 radical (unpaired) electrons. The van der Waals surface area contributed by atoms with E-state index in [1.54, 1.807) is 11.0 Å². The Hall–Kier alpha value is -2.97. The van der Waals surface area contributed by atoms with Gasteiger partial charge in [0.15, 0.2) is 5.67 Å². The van der Waals surface area contributed by atoms with Crippen molar-refractivity contribution in [1.82, 2.24) is 4.90 Å². The first-order valence-electron chi connectivity index (χ1n) is 13.9. The van der Waals surface area contributed by atoms with Gasteiger partial charge in [0.25, 0.3) is 5.91 Å². The van der Waals surface area contributed by atoms with Gasteiger partial charge in [-0.3, -0.25) is 9.59 Å². The average molecular weight is 564 g/mol. The van der Waals surface area contributed by atoms with Crippen LogP contribution in [-0.4, -0.2) is 46.3 Å². The van der Waals surface area contributed by atoms with Crippen LogP contribution in [0.1, 0.15) is 73.3 Å². The number of carbonyl (C=O) groups is 2. The lowest BCUT2D eigenvalue weighted by Gasteiger charge is -2.45. The predicted molar refractivity (Wildman–Crippen MR) is 139 cm³/mol. The first-order chi connectivity index (χ1) is 18.7. The molecule has 3 unspecified atom stereocenters. The van der Waals surface area contributed by atoms with Gasteiger partial charge in [-0.1, -0.05) is 48.0 Å². The van der Waals surface area contributed by atoms with E-state index < -0.39 is 46.3 Å². The third kappa shape index (κ3) is 4.69. The van der Waals surface area contributed by atoms with E-state index in [4.69, 9.17) is 0 Å². The van der Waals surface area contributed by atoms with Crippen molar-refractivity contribution in [2.45, 2.75) is 94.2 Å². The molecule has 3 aliphatic rings. The van der Waals surface area contributed by atoms with Crippen LogP contribution >= 0.6 is 0 Å². The van der Waals surface area contributed by atoms with Crippen LogP contribution in [0.3, 0.4) is 0 Å². The Bertz CT molecular complexity index is 1300.